The number of hydrogen-bond acceptors (Lipinski definition) is 5. The molecular formula is C25H33ClN2O4. The molecule has 32 heavy (non-hydrogen) atoms. The minimum absolute atomic E-state index is 0.0414. The van der Waals surface area contributed by atoms with E-state index in [9.17, 15) is 14.7 Å². The quantitative estimate of drug-likeness (QED) is 0.656. The predicted octanol–water partition coefficient (Wildman–Crippen LogP) is 4.53. The molecule has 1 N–H and O–H groups in total. The van der Waals surface area contributed by atoms with E-state index < -0.39 is 18.1 Å². The van der Waals surface area contributed by atoms with Crippen LogP contribution >= 0.6 is 11.6 Å². The van der Waals surface area contributed by atoms with E-state index in [0.29, 0.717) is 23.6 Å². The first-order valence-electron chi connectivity index (χ1n) is 11.2. The molecule has 2 heterocycles. The predicted molar refractivity (Wildman–Crippen MR) is 124 cm³/mol. The van der Waals surface area contributed by atoms with Gasteiger partial charge in [0.05, 0.1) is 17.8 Å². The third kappa shape index (κ3) is 5.59. The SMILES string of the molecule is CC(C)C(C(=O)N1CC(O)CC1C(=O)CCc1ccc(Cl)cc1)c1cc(C(C)(C)C)no1. The second-order valence-electron chi connectivity index (χ2n) is 10.1. The van der Waals surface area contributed by atoms with Gasteiger partial charge in [-0.2, -0.15) is 0 Å². The Labute approximate surface area is 194 Å². The van der Waals surface area contributed by atoms with Crippen molar-refractivity contribution >= 4 is 23.3 Å². The second-order valence-corrected chi connectivity index (χ2v) is 10.5. The van der Waals surface area contributed by atoms with Crippen molar-refractivity contribution in [2.75, 3.05) is 6.54 Å². The van der Waals surface area contributed by atoms with Crippen LogP contribution in [0.15, 0.2) is 34.9 Å². The fourth-order valence-corrected chi connectivity index (χ4v) is 4.28. The molecule has 174 valence electrons. The largest absolute Gasteiger partial charge is 0.391 e. The number of benzene rings is 1. The highest BCUT2D eigenvalue weighted by Gasteiger charge is 2.43. The number of aliphatic hydroxyl groups is 1. The van der Waals surface area contributed by atoms with Gasteiger partial charge < -0.3 is 14.5 Å². The second kappa shape index (κ2) is 9.75. The number of aliphatic hydroxyl groups excluding tert-OH is 1. The highest BCUT2D eigenvalue weighted by atomic mass is 35.5. The van der Waals surface area contributed by atoms with Crippen LogP contribution in [0.3, 0.4) is 0 Å². The molecule has 0 saturated carbocycles. The standard InChI is InChI=1S/C25H33ClN2O4/c1-15(2)23(21-13-22(27-32-21)25(3,4)5)24(31)28-14-18(29)12-19(28)20(30)11-8-16-6-9-17(26)10-7-16/h6-7,9-10,13,15,18-19,23,29H,8,11-12,14H2,1-5H3. The first-order valence-corrected chi connectivity index (χ1v) is 11.6. The molecule has 6 nitrogen and oxygen atoms in total. The summed E-state index contributed by atoms with van der Waals surface area (Å²) in [6.07, 6.45) is 0.414. The maximum Gasteiger partial charge on any atom is 0.234 e. The Bertz CT molecular complexity index is 946. The molecular weight excluding hydrogens is 428 g/mol. The van der Waals surface area contributed by atoms with E-state index in [1.165, 1.54) is 0 Å². The van der Waals surface area contributed by atoms with Gasteiger partial charge in [-0.1, -0.05) is 63.5 Å². The summed E-state index contributed by atoms with van der Waals surface area (Å²) in [5.41, 5.74) is 1.59. The van der Waals surface area contributed by atoms with E-state index in [1.807, 2.05) is 52.8 Å². The minimum atomic E-state index is -0.712. The first-order chi connectivity index (χ1) is 15.0. The fourth-order valence-electron chi connectivity index (χ4n) is 4.15. The third-order valence-electron chi connectivity index (χ3n) is 6.04. The lowest BCUT2D eigenvalue weighted by molar-refractivity contribution is -0.140. The van der Waals surface area contributed by atoms with E-state index in [0.717, 1.165) is 11.3 Å². The summed E-state index contributed by atoms with van der Waals surface area (Å²) in [5.74, 6) is -0.344. The van der Waals surface area contributed by atoms with E-state index >= 15 is 0 Å². The van der Waals surface area contributed by atoms with Crippen molar-refractivity contribution < 1.29 is 19.2 Å². The molecule has 0 radical (unpaired) electrons. The molecule has 1 fully saturated rings. The molecule has 1 aliphatic rings. The summed E-state index contributed by atoms with van der Waals surface area (Å²) in [5, 5.41) is 15.1. The lowest BCUT2D eigenvalue weighted by atomic mass is 9.88. The molecule has 1 amide bonds. The van der Waals surface area contributed by atoms with E-state index in [4.69, 9.17) is 16.1 Å². The van der Waals surface area contributed by atoms with Crippen LogP contribution in [-0.4, -0.2) is 45.5 Å². The Morgan fingerprint density at radius 1 is 1.25 bits per heavy atom. The zero-order chi connectivity index (χ0) is 23.6. The number of ketones is 1. The Kier molecular flexibility index (Phi) is 7.46. The van der Waals surface area contributed by atoms with Crippen molar-refractivity contribution in [1.29, 1.82) is 0 Å². The van der Waals surface area contributed by atoms with Crippen molar-refractivity contribution in [2.24, 2.45) is 5.92 Å². The number of hydrogen-bond donors (Lipinski definition) is 1. The number of likely N-dealkylation sites (tertiary alicyclic amines) is 1. The van der Waals surface area contributed by atoms with Gasteiger partial charge in [0.1, 0.15) is 11.7 Å². The van der Waals surface area contributed by atoms with E-state index in [-0.39, 0.29) is 36.0 Å². The molecule has 1 saturated heterocycles. The van der Waals surface area contributed by atoms with E-state index in [2.05, 4.69) is 5.16 Å². The van der Waals surface area contributed by atoms with Gasteiger partial charge >= 0.3 is 0 Å². The van der Waals surface area contributed by atoms with E-state index in [1.54, 1.807) is 17.0 Å². The van der Waals surface area contributed by atoms with Crippen molar-refractivity contribution in [2.45, 2.75) is 77.4 Å². The molecule has 3 rings (SSSR count). The van der Waals surface area contributed by atoms with Gasteiger partial charge in [0.2, 0.25) is 5.91 Å². The number of aromatic nitrogens is 1. The molecule has 0 bridgehead atoms. The lowest BCUT2D eigenvalue weighted by Crippen LogP contribution is -2.44. The average molecular weight is 461 g/mol. The van der Waals surface area contributed by atoms with Crippen LogP contribution in [0.4, 0.5) is 0 Å². The van der Waals surface area contributed by atoms with Crippen LogP contribution in [0, 0.1) is 5.92 Å². The topological polar surface area (TPSA) is 83.6 Å². The Hall–Kier alpha value is -2.18. The number of amides is 1. The normalized spacial score (nSPS) is 20.1. The van der Waals surface area contributed by atoms with Crippen LogP contribution in [0.1, 0.15) is 70.4 Å². The number of aryl methyl sites for hydroxylation is 1. The molecule has 1 aromatic carbocycles. The van der Waals surface area contributed by atoms with Crippen LogP contribution in [0.25, 0.3) is 0 Å². The molecule has 1 aliphatic heterocycles. The van der Waals surface area contributed by atoms with Crippen molar-refractivity contribution in [3.63, 3.8) is 0 Å². The lowest BCUT2D eigenvalue weighted by Gasteiger charge is -2.28. The van der Waals surface area contributed by atoms with Crippen molar-refractivity contribution in [1.82, 2.24) is 10.1 Å². The van der Waals surface area contributed by atoms with Crippen molar-refractivity contribution in [3.05, 3.63) is 52.4 Å². The molecule has 3 unspecified atom stereocenters. The molecule has 3 atom stereocenters. The summed E-state index contributed by atoms with van der Waals surface area (Å²) in [7, 11) is 0. The smallest absolute Gasteiger partial charge is 0.234 e. The van der Waals surface area contributed by atoms with Crippen molar-refractivity contribution in [3.8, 4) is 0 Å². The maximum absolute atomic E-state index is 13.6. The van der Waals surface area contributed by atoms with Gasteiger partial charge in [0.15, 0.2) is 5.78 Å². The molecule has 1 aromatic heterocycles. The van der Waals surface area contributed by atoms with Gasteiger partial charge in [-0.25, -0.2) is 0 Å². The monoisotopic (exact) mass is 460 g/mol. The maximum atomic E-state index is 13.6. The Morgan fingerprint density at radius 2 is 1.91 bits per heavy atom. The van der Waals surface area contributed by atoms with Crippen LogP contribution in [0.5, 0.6) is 0 Å². The number of halogens is 1. The number of rotatable bonds is 7. The van der Waals surface area contributed by atoms with Crippen LogP contribution < -0.4 is 0 Å². The summed E-state index contributed by atoms with van der Waals surface area (Å²) < 4.78 is 5.58. The zero-order valence-corrected chi connectivity index (χ0v) is 20.2. The summed E-state index contributed by atoms with van der Waals surface area (Å²) in [6, 6.07) is 8.60. The number of carbonyl (C=O) groups is 2. The number of carbonyl (C=O) groups excluding carboxylic acids is 2. The van der Waals surface area contributed by atoms with Crippen LogP contribution in [-0.2, 0) is 21.4 Å². The summed E-state index contributed by atoms with van der Waals surface area (Å²) in [6.45, 7) is 10.2. The van der Waals surface area contributed by atoms with Gasteiger partial charge in [-0.3, -0.25) is 9.59 Å². The average Bonchev–Trinajstić information content (AvgIpc) is 3.34. The summed E-state index contributed by atoms with van der Waals surface area (Å²) in [4.78, 5) is 28.2. The van der Waals surface area contributed by atoms with Gasteiger partial charge in [0.25, 0.3) is 0 Å². The highest BCUT2D eigenvalue weighted by molar-refractivity contribution is 6.30. The molecule has 0 aliphatic carbocycles. The van der Waals surface area contributed by atoms with Gasteiger partial charge in [-0.15, -0.1) is 0 Å². The molecule has 2 aromatic rings. The summed E-state index contributed by atoms with van der Waals surface area (Å²) >= 11 is 5.93. The number of nitrogens with zero attached hydrogens (tertiary/aromatic N) is 2. The first kappa shape index (κ1) is 24.5. The molecule has 0 spiro atoms. The fraction of sp³-hybridized carbons (Fsp3) is 0.560. The van der Waals surface area contributed by atoms with Crippen LogP contribution in [0.2, 0.25) is 5.02 Å². The zero-order valence-electron chi connectivity index (χ0n) is 19.5. The Morgan fingerprint density at radius 3 is 2.47 bits per heavy atom. The number of β-amino-alcohol motifs (C(OH)–C–C–N with tert-alkyl or cyclic N) is 1. The van der Waals surface area contributed by atoms with Gasteiger partial charge in [0, 0.05) is 35.9 Å². The highest BCUT2D eigenvalue weighted by Crippen LogP contribution is 2.33. The number of Topliss-reactive ketones (excluding diaryl/α,β-unsaturated/α-hetero) is 1. The third-order valence-corrected chi connectivity index (χ3v) is 6.30. The molecule has 7 heteroatoms. The van der Waals surface area contributed by atoms with Gasteiger partial charge in [-0.05, 0) is 30.0 Å². The Balaban J connectivity index is 1.76. The minimum Gasteiger partial charge on any atom is -0.391 e.